The molecule has 1 aliphatic rings. The largest absolute Gasteiger partial charge is 0.354 e. The SMILES string of the molecule is CC(C)CCNc1nccc(C(=O)N2CCCCCC2)n1. The van der Waals surface area contributed by atoms with Crippen LogP contribution in [0.3, 0.4) is 0 Å². The number of nitrogens with one attached hydrogen (secondary N) is 1. The third-order valence-electron chi connectivity index (χ3n) is 3.77. The highest BCUT2D eigenvalue weighted by Gasteiger charge is 2.18. The number of aromatic nitrogens is 2. The first kappa shape index (κ1) is 15.7. The molecule has 116 valence electrons. The van der Waals surface area contributed by atoms with Crippen molar-refractivity contribution in [3.05, 3.63) is 18.0 Å². The Hall–Kier alpha value is -1.65. The Balaban J connectivity index is 1.97. The minimum absolute atomic E-state index is 0.0335. The van der Waals surface area contributed by atoms with Crippen molar-refractivity contribution in [2.24, 2.45) is 5.92 Å². The van der Waals surface area contributed by atoms with Gasteiger partial charge < -0.3 is 10.2 Å². The maximum atomic E-state index is 12.5. The van der Waals surface area contributed by atoms with Gasteiger partial charge in [0.25, 0.3) is 5.91 Å². The Labute approximate surface area is 127 Å². The molecule has 0 aliphatic carbocycles. The van der Waals surface area contributed by atoms with E-state index in [4.69, 9.17) is 0 Å². The van der Waals surface area contributed by atoms with Crippen LogP contribution in [0.1, 0.15) is 56.4 Å². The Morgan fingerprint density at radius 2 is 2.00 bits per heavy atom. The first-order chi connectivity index (χ1) is 10.2. The zero-order chi connectivity index (χ0) is 15.1. The molecule has 1 aromatic rings. The number of hydrogen-bond donors (Lipinski definition) is 1. The molecule has 21 heavy (non-hydrogen) atoms. The first-order valence-corrected chi connectivity index (χ1v) is 8.03. The quantitative estimate of drug-likeness (QED) is 0.906. The number of likely N-dealkylation sites (tertiary alicyclic amines) is 1. The van der Waals surface area contributed by atoms with E-state index in [9.17, 15) is 4.79 Å². The van der Waals surface area contributed by atoms with Crippen LogP contribution >= 0.6 is 0 Å². The summed E-state index contributed by atoms with van der Waals surface area (Å²) < 4.78 is 0. The van der Waals surface area contributed by atoms with E-state index in [1.807, 2.05) is 4.90 Å². The van der Waals surface area contributed by atoms with Gasteiger partial charge in [-0.15, -0.1) is 0 Å². The maximum absolute atomic E-state index is 12.5. The molecule has 0 bridgehead atoms. The van der Waals surface area contributed by atoms with Gasteiger partial charge in [-0.25, -0.2) is 9.97 Å². The molecule has 0 radical (unpaired) electrons. The molecule has 0 unspecified atom stereocenters. The van der Waals surface area contributed by atoms with E-state index in [2.05, 4.69) is 29.1 Å². The highest BCUT2D eigenvalue weighted by Crippen LogP contribution is 2.13. The number of carbonyl (C=O) groups is 1. The zero-order valence-corrected chi connectivity index (χ0v) is 13.1. The molecule has 0 saturated carbocycles. The van der Waals surface area contributed by atoms with E-state index in [1.54, 1.807) is 12.3 Å². The van der Waals surface area contributed by atoms with Crippen LogP contribution < -0.4 is 5.32 Å². The fourth-order valence-corrected chi connectivity index (χ4v) is 2.47. The standard InChI is InChI=1S/C16H26N4O/c1-13(2)7-9-17-16-18-10-8-14(19-16)15(21)20-11-5-3-4-6-12-20/h8,10,13H,3-7,9,11-12H2,1-2H3,(H,17,18,19). The van der Waals surface area contributed by atoms with Gasteiger partial charge in [-0.1, -0.05) is 26.7 Å². The average molecular weight is 290 g/mol. The number of carbonyl (C=O) groups excluding carboxylic acids is 1. The summed E-state index contributed by atoms with van der Waals surface area (Å²) in [5.74, 6) is 1.22. The molecule has 5 nitrogen and oxygen atoms in total. The molecule has 1 aliphatic heterocycles. The fraction of sp³-hybridized carbons (Fsp3) is 0.688. The molecule has 0 atom stereocenters. The minimum Gasteiger partial charge on any atom is -0.354 e. The van der Waals surface area contributed by atoms with Crippen molar-refractivity contribution < 1.29 is 4.79 Å². The normalized spacial score (nSPS) is 15.9. The summed E-state index contributed by atoms with van der Waals surface area (Å²) in [5.41, 5.74) is 0.499. The van der Waals surface area contributed by atoms with Gasteiger partial charge in [-0.2, -0.15) is 0 Å². The molecule has 0 spiro atoms. The van der Waals surface area contributed by atoms with Gasteiger partial charge in [-0.05, 0) is 31.2 Å². The van der Waals surface area contributed by atoms with E-state index >= 15 is 0 Å². The number of nitrogens with zero attached hydrogens (tertiary/aromatic N) is 3. The van der Waals surface area contributed by atoms with Crippen LogP contribution in [0.5, 0.6) is 0 Å². The second-order valence-corrected chi connectivity index (χ2v) is 6.08. The fourth-order valence-electron chi connectivity index (χ4n) is 2.47. The molecule has 1 fully saturated rings. The number of rotatable bonds is 5. The van der Waals surface area contributed by atoms with Crippen molar-refractivity contribution in [2.45, 2.75) is 46.0 Å². The van der Waals surface area contributed by atoms with Gasteiger partial charge in [0.15, 0.2) is 0 Å². The predicted octanol–water partition coefficient (Wildman–Crippen LogP) is 2.95. The van der Waals surface area contributed by atoms with Crippen LogP contribution in [0.2, 0.25) is 0 Å². The van der Waals surface area contributed by atoms with Gasteiger partial charge in [0.1, 0.15) is 5.69 Å². The van der Waals surface area contributed by atoms with Crippen molar-refractivity contribution in [3.63, 3.8) is 0 Å². The molecule has 5 heteroatoms. The zero-order valence-electron chi connectivity index (χ0n) is 13.1. The molecule has 1 N–H and O–H groups in total. The van der Waals surface area contributed by atoms with Crippen molar-refractivity contribution in [3.8, 4) is 0 Å². The number of hydrogen-bond acceptors (Lipinski definition) is 4. The van der Waals surface area contributed by atoms with E-state index in [0.717, 1.165) is 38.9 Å². The lowest BCUT2D eigenvalue weighted by molar-refractivity contribution is 0.0755. The predicted molar refractivity (Wildman–Crippen MR) is 84.3 cm³/mol. The molecule has 1 aromatic heterocycles. The molecule has 2 rings (SSSR count). The van der Waals surface area contributed by atoms with Crippen LogP contribution in [0, 0.1) is 5.92 Å². The van der Waals surface area contributed by atoms with Crippen LogP contribution in [-0.2, 0) is 0 Å². The third-order valence-corrected chi connectivity index (χ3v) is 3.77. The first-order valence-electron chi connectivity index (χ1n) is 8.03. The lowest BCUT2D eigenvalue weighted by atomic mass is 10.1. The van der Waals surface area contributed by atoms with E-state index in [1.165, 1.54) is 12.8 Å². The number of amides is 1. The Kier molecular flexibility index (Phi) is 5.96. The van der Waals surface area contributed by atoms with Crippen LogP contribution in [0.25, 0.3) is 0 Å². The second kappa shape index (κ2) is 7.96. The van der Waals surface area contributed by atoms with Gasteiger partial charge in [-0.3, -0.25) is 4.79 Å². The molecular formula is C16H26N4O. The van der Waals surface area contributed by atoms with Crippen molar-refractivity contribution in [2.75, 3.05) is 25.0 Å². The van der Waals surface area contributed by atoms with E-state index in [0.29, 0.717) is 17.6 Å². The smallest absolute Gasteiger partial charge is 0.272 e. The maximum Gasteiger partial charge on any atom is 0.272 e. The summed E-state index contributed by atoms with van der Waals surface area (Å²) in [6.45, 7) is 6.89. The Morgan fingerprint density at radius 1 is 1.29 bits per heavy atom. The van der Waals surface area contributed by atoms with Crippen LogP contribution in [0.15, 0.2) is 12.3 Å². The second-order valence-electron chi connectivity index (χ2n) is 6.08. The summed E-state index contributed by atoms with van der Waals surface area (Å²) in [7, 11) is 0. The van der Waals surface area contributed by atoms with Gasteiger partial charge >= 0.3 is 0 Å². The summed E-state index contributed by atoms with van der Waals surface area (Å²) in [5, 5.41) is 3.19. The third kappa shape index (κ3) is 4.99. The molecule has 0 aromatic carbocycles. The lowest BCUT2D eigenvalue weighted by Gasteiger charge is -2.19. The summed E-state index contributed by atoms with van der Waals surface area (Å²) in [6.07, 6.45) is 7.35. The molecule has 2 heterocycles. The van der Waals surface area contributed by atoms with Crippen LogP contribution in [0.4, 0.5) is 5.95 Å². The summed E-state index contributed by atoms with van der Waals surface area (Å²) in [4.78, 5) is 23.0. The van der Waals surface area contributed by atoms with Crippen molar-refractivity contribution in [1.29, 1.82) is 0 Å². The van der Waals surface area contributed by atoms with Crippen LogP contribution in [-0.4, -0.2) is 40.4 Å². The Morgan fingerprint density at radius 3 is 2.67 bits per heavy atom. The monoisotopic (exact) mass is 290 g/mol. The molecule has 1 saturated heterocycles. The highest BCUT2D eigenvalue weighted by atomic mass is 16.2. The Bertz CT molecular complexity index is 453. The highest BCUT2D eigenvalue weighted by molar-refractivity contribution is 5.92. The van der Waals surface area contributed by atoms with Crippen molar-refractivity contribution >= 4 is 11.9 Å². The van der Waals surface area contributed by atoms with E-state index in [-0.39, 0.29) is 5.91 Å². The average Bonchev–Trinajstić information content (AvgIpc) is 2.75. The van der Waals surface area contributed by atoms with Gasteiger partial charge in [0.05, 0.1) is 0 Å². The summed E-state index contributed by atoms with van der Waals surface area (Å²) in [6, 6.07) is 1.71. The topological polar surface area (TPSA) is 58.1 Å². The van der Waals surface area contributed by atoms with Gasteiger partial charge in [0, 0.05) is 25.8 Å². The summed E-state index contributed by atoms with van der Waals surface area (Å²) >= 11 is 0. The van der Waals surface area contributed by atoms with Gasteiger partial charge in [0.2, 0.25) is 5.95 Å². The van der Waals surface area contributed by atoms with E-state index < -0.39 is 0 Å². The minimum atomic E-state index is 0.0335. The van der Waals surface area contributed by atoms with Crippen molar-refractivity contribution in [1.82, 2.24) is 14.9 Å². The molecule has 1 amide bonds. The lowest BCUT2D eigenvalue weighted by Crippen LogP contribution is -2.32. The molecular weight excluding hydrogens is 264 g/mol. The number of anilines is 1.